The number of benzene rings is 1. The van der Waals surface area contributed by atoms with Crippen molar-refractivity contribution >= 4 is 15.9 Å². The summed E-state index contributed by atoms with van der Waals surface area (Å²) < 4.78 is 27.6. The van der Waals surface area contributed by atoms with Crippen LogP contribution in [0.5, 0.6) is 0 Å². The van der Waals surface area contributed by atoms with E-state index in [4.69, 9.17) is 0 Å². The number of nitrogens with one attached hydrogen (secondary N) is 1. The fraction of sp³-hybridized carbons (Fsp3) is 0.562. The molecule has 1 aromatic carbocycles. The summed E-state index contributed by atoms with van der Waals surface area (Å²) in [5.74, 6) is -0.0394. The number of hydrogen-bond donors (Lipinski definition) is 1. The monoisotopic (exact) mass is 322 g/mol. The van der Waals surface area contributed by atoms with Crippen LogP contribution >= 0.6 is 0 Å². The van der Waals surface area contributed by atoms with Gasteiger partial charge >= 0.3 is 0 Å². The predicted octanol–water partition coefficient (Wildman–Crippen LogP) is 1.90. The zero-order chi connectivity index (χ0) is 15.7. The molecule has 1 amide bonds. The van der Waals surface area contributed by atoms with Crippen molar-refractivity contribution in [3.63, 3.8) is 0 Å². The molecule has 2 heterocycles. The van der Waals surface area contributed by atoms with E-state index in [1.807, 2.05) is 6.07 Å². The molecule has 0 radical (unpaired) electrons. The number of carbonyl (C=O) groups excluding carboxylic acids is 1. The summed E-state index contributed by atoms with van der Waals surface area (Å²) in [6.45, 7) is 1.52. The average molecular weight is 322 g/mol. The highest BCUT2D eigenvalue weighted by atomic mass is 32.2. The maximum atomic E-state index is 13.0. The number of piperidine rings is 2. The van der Waals surface area contributed by atoms with Gasteiger partial charge in [-0.3, -0.25) is 4.79 Å². The van der Waals surface area contributed by atoms with Crippen molar-refractivity contribution in [3.8, 4) is 0 Å². The minimum Gasteiger partial charge on any atom is -0.353 e. The molecule has 1 aromatic rings. The van der Waals surface area contributed by atoms with Gasteiger partial charge in [0.15, 0.2) is 0 Å². The van der Waals surface area contributed by atoms with Crippen LogP contribution in [0, 0.1) is 0 Å². The fourth-order valence-corrected chi connectivity index (χ4v) is 5.76. The van der Waals surface area contributed by atoms with E-state index in [0.29, 0.717) is 17.7 Å². The summed E-state index contributed by atoms with van der Waals surface area (Å²) in [7, 11) is -3.45. The molecule has 0 spiro atoms. The Morgan fingerprint density at radius 3 is 2.27 bits per heavy atom. The Hall–Kier alpha value is -1.40. The summed E-state index contributed by atoms with van der Waals surface area (Å²) >= 11 is 0. The third kappa shape index (κ3) is 2.90. The summed E-state index contributed by atoms with van der Waals surface area (Å²) in [5.41, 5.74) is 0. The average Bonchev–Trinajstić information content (AvgIpc) is 2.46. The van der Waals surface area contributed by atoms with Crippen LogP contribution in [0.15, 0.2) is 35.2 Å². The fourth-order valence-electron chi connectivity index (χ4n) is 3.85. The lowest BCUT2D eigenvalue weighted by molar-refractivity contribution is -0.120. The molecule has 2 fully saturated rings. The van der Waals surface area contributed by atoms with E-state index in [1.165, 1.54) is 6.92 Å². The van der Waals surface area contributed by atoms with Gasteiger partial charge in [0.25, 0.3) is 0 Å². The summed E-state index contributed by atoms with van der Waals surface area (Å²) in [4.78, 5) is 11.7. The van der Waals surface area contributed by atoms with Crippen molar-refractivity contribution in [2.24, 2.45) is 0 Å². The quantitative estimate of drug-likeness (QED) is 0.924. The standard InChI is InChI=1S/C16H22N2O3S/c1-12(19)17-13-10-14-6-5-7-15(11-13)18(14)22(20,21)16-8-3-2-4-9-16/h2-4,8-9,13-15H,5-7,10-11H2,1H3,(H,17,19)/t14-,15-/m1/s1. The zero-order valence-electron chi connectivity index (χ0n) is 12.7. The molecule has 3 rings (SSSR count). The molecular formula is C16H22N2O3S. The Balaban J connectivity index is 1.87. The summed E-state index contributed by atoms with van der Waals surface area (Å²) in [6.07, 6.45) is 4.23. The van der Waals surface area contributed by atoms with Gasteiger partial charge in [0.1, 0.15) is 0 Å². The highest BCUT2D eigenvalue weighted by Gasteiger charge is 2.45. The summed E-state index contributed by atoms with van der Waals surface area (Å²) in [5, 5.41) is 2.96. The molecule has 2 bridgehead atoms. The minimum absolute atomic E-state index is 0.00504. The van der Waals surface area contributed by atoms with E-state index in [-0.39, 0.29) is 24.0 Å². The maximum absolute atomic E-state index is 13.0. The number of amides is 1. The number of rotatable bonds is 3. The molecule has 0 unspecified atom stereocenters. The first kappa shape index (κ1) is 15.5. The molecule has 2 aliphatic rings. The second-order valence-corrected chi connectivity index (χ2v) is 8.10. The van der Waals surface area contributed by atoms with Crippen molar-refractivity contribution in [1.29, 1.82) is 0 Å². The summed E-state index contributed by atoms with van der Waals surface area (Å²) in [6, 6.07) is 8.73. The third-order valence-electron chi connectivity index (χ3n) is 4.63. The first-order valence-electron chi connectivity index (χ1n) is 7.84. The molecule has 6 heteroatoms. The smallest absolute Gasteiger partial charge is 0.243 e. The molecule has 0 aliphatic carbocycles. The molecule has 120 valence electrons. The van der Waals surface area contributed by atoms with Crippen LogP contribution in [0.2, 0.25) is 0 Å². The van der Waals surface area contributed by atoms with Gasteiger partial charge in [-0.15, -0.1) is 0 Å². The van der Waals surface area contributed by atoms with Crippen molar-refractivity contribution in [2.75, 3.05) is 0 Å². The lowest BCUT2D eigenvalue weighted by Crippen LogP contribution is -2.58. The van der Waals surface area contributed by atoms with Crippen LogP contribution in [0.3, 0.4) is 0 Å². The van der Waals surface area contributed by atoms with E-state index >= 15 is 0 Å². The van der Waals surface area contributed by atoms with Gasteiger partial charge < -0.3 is 5.32 Å². The normalized spacial score (nSPS) is 29.0. The molecule has 0 aromatic heterocycles. The van der Waals surface area contributed by atoms with E-state index in [9.17, 15) is 13.2 Å². The van der Waals surface area contributed by atoms with Gasteiger partial charge in [0.05, 0.1) is 4.90 Å². The lowest BCUT2D eigenvalue weighted by Gasteiger charge is -2.47. The Kier molecular flexibility index (Phi) is 4.23. The Labute approximate surface area is 131 Å². The number of sulfonamides is 1. The van der Waals surface area contributed by atoms with Gasteiger partial charge in [-0.25, -0.2) is 8.42 Å². The van der Waals surface area contributed by atoms with Gasteiger partial charge in [0, 0.05) is 25.0 Å². The SMILES string of the molecule is CC(=O)NC1C[C@H]2CCC[C@H](C1)N2S(=O)(=O)c1ccccc1. The van der Waals surface area contributed by atoms with Crippen LogP contribution in [0.25, 0.3) is 0 Å². The van der Waals surface area contributed by atoms with E-state index in [1.54, 1.807) is 28.6 Å². The molecule has 2 aliphatic heterocycles. The molecule has 1 N–H and O–H groups in total. The Morgan fingerprint density at radius 1 is 1.14 bits per heavy atom. The van der Waals surface area contributed by atoms with Crippen LogP contribution in [-0.2, 0) is 14.8 Å². The van der Waals surface area contributed by atoms with Gasteiger partial charge in [-0.1, -0.05) is 24.6 Å². The van der Waals surface area contributed by atoms with Crippen molar-refractivity contribution in [3.05, 3.63) is 30.3 Å². The second kappa shape index (κ2) is 6.01. The highest BCUT2D eigenvalue weighted by Crippen LogP contribution is 2.38. The third-order valence-corrected chi connectivity index (χ3v) is 6.65. The van der Waals surface area contributed by atoms with Crippen LogP contribution in [0.4, 0.5) is 0 Å². The largest absolute Gasteiger partial charge is 0.353 e. The predicted molar refractivity (Wildman–Crippen MR) is 83.7 cm³/mol. The Bertz CT molecular complexity index is 631. The van der Waals surface area contributed by atoms with Crippen LogP contribution in [0.1, 0.15) is 39.0 Å². The zero-order valence-corrected chi connectivity index (χ0v) is 13.6. The van der Waals surface area contributed by atoms with Crippen molar-refractivity contribution < 1.29 is 13.2 Å². The first-order chi connectivity index (χ1) is 10.5. The number of hydrogen-bond acceptors (Lipinski definition) is 3. The number of carbonyl (C=O) groups is 1. The first-order valence-corrected chi connectivity index (χ1v) is 9.28. The minimum atomic E-state index is -3.45. The molecule has 5 nitrogen and oxygen atoms in total. The molecule has 2 atom stereocenters. The van der Waals surface area contributed by atoms with Gasteiger partial charge in [-0.05, 0) is 37.8 Å². The van der Waals surface area contributed by atoms with E-state index in [2.05, 4.69) is 5.32 Å². The second-order valence-electron chi connectivity index (χ2n) is 6.26. The van der Waals surface area contributed by atoms with Crippen molar-refractivity contribution in [1.82, 2.24) is 9.62 Å². The van der Waals surface area contributed by atoms with Crippen molar-refractivity contribution in [2.45, 2.75) is 62.0 Å². The van der Waals surface area contributed by atoms with E-state index in [0.717, 1.165) is 19.3 Å². The van der Waals surface area contributed by atoms with Crippen LogP contribution in [-0.4, -0.2) is 36.8 Å². The maximum Gasteiger partial charge on any atom is 0.243 e. The topological polar surface area (TPSA) is 66.5 Å². The van der Waals surface area contributed by atoms with E-state index < -0.39 is 10.0 Å². The molecule has 0 saturated carbocycles. The molecule has 2 saturated heterocycles. The van der Waals surface area contributed by atoms with Crippen LogP contribution < -0.4 is 5.32 Å². The number of nitrogens with zero attached hydrogens (tertiary/aromatic N) is 1. The van der Waals surface area contributed by atoms with Gasteiger partial charge in [0.2, 0.25) is 15.9 Å². The lowest BCUT2D eigenvalue weighted by atomic mass is 9.84. The van der Waals surface area contributed by atoms with Gasteiger partial charge in [-0.2, -0.15) is 4.31 Å². The Morgan fingerprint density at radius 2 is 1.73 bits per heavy atom. The highest BCUT2D eigenvalue weighted by molar-refractivity contribution is 7.89. The number of fused-ring (bicyclic) bond motifs is 2. The molecule has 22 heavy (non-hydrogen) atoms. The molecular weight excluding hydrogens is 300 g/mol.